The summed E-state index contributed by atoms with van der Waals surface area (Å²) in [4.78, 5) is 0. The Hall–Kier alpha value is -1.04. The number of rotatable bonds is 14. The van der Waals surface area contributed by atoms with Crippen LogP contribution in [0.2, 0.25) is 0 Å². The lowest BCUT2D eigenvalue weighted by molar-refractivity contribution is -0.411. The maximum atomic E-state index is 12.0. The summed E-state index contributed by atoms with van der Waals surface area (Å²) < 4.78 is 74.4. The van der Waals surface area contributed by atoms with E-state index < -0.39 is 179 Å². The van der Waals surface area contributed by atoms with Gasteiger partial charge in [-0.2, -0.15) is 0 Å². The third kappa shape index (κ3) is 11.2. The molecule has 0 bridgehead atoms. The molecule has 37 atom stereocenters. The van der Waals surface area contributed by atoms with Crippen LogP contribution in [-0.4, -0.2) is 269 Å². The third-order valence-corrected chi connectivity index (χ3v) is 22.7. The van der Waals surface area contributed by atoms with E-state index in [-0.39, 0.29) is 29.5 Å². The quantitative estimate of drug-likeness (QED) is 0.0791. The van der Waals surface area contributed by atoms with E-state index in [9.17, 15) is 71.5 Å². The predicted molar refractivity (Wildman–Crippen MR) is 283 cm³/mol. The fourth-order valence-electron chi connectivity index (χ4n) is 17.8. The van der Waals surface area contributed by atoms with Gasteiger partial charge in [-0.25, -0.2) is 0 Å². The molecule has 14 N–H and O–H groups in total. The minimum Gasteiger partial charge on any atom is -0.394 e. The summed E-state index contributed by atoms with van der Waals surface area (Å²) in [6, 6.07) is 0. The lowest BCUT2D eigenvalue weighted by Crippen LogP contribution is -2.69. The van der Waals surface area contributed by atoms with Crippen LogP contribution in [0.4, 0.5) is 0 Å². The molecule has 0 aromatic rings. The highest BCUT2D eigenvalue weighted by atomic mass is 16.8. The highest BCUT2D eigenvalue weighted by Crippen LogP contribution is 2.71. The number of fused-ring (bicyclic) bond motifs is 7. The van der Waals surface area contributed by atoms with Gasteiger partial charge in [-0.15, -0.1) is 0 Å². The summed E-state index contributed by atoms with van der Waals surface area (Å²) >= 11 is 0. The molecule has 0 aromatic carbocycles. The Bertz CT molecular complexity index is 2180. The van der Waals surface area contributed by atoms with Crippen molar-refractivity contribution in [1.82, 2.24) is 0 Å². The van der Waals surface area contributed by atoms with Gasteiger partial charge in [-0.3, -0.25) is 0 Å². The van der Waals surface area contributed by atoms with Gasteiger partial charge in [0.15, 0.2) is 37.2 Å². The van der Waals surface area contributed by atoms with Gasteiger partial charge in [0, 0.05) is 12.3 Å². The van der Waals surface area contributed by atoms with Crippen molar-refractivity contribution in [2.75, 3.05) is 26.4 Å². The van der Waals surface area contributed by atoms with Gasteiger partial charge in [0.25, 0.3) is 0 Å². The van der Waals surface area contributed by atoms with Gasteiger partial charge in [0.05, 0.1) is 50.8 Å². The van der Waals surface area contributed by atoms with Crippen LogP contribution in [0.3, 0.4) is 0 Å². The molecule has 4 saturated carbocycles. The van der Waals surface area contributed by atoms with E-state index in [0.717, 1.165) is 58.0 Å². The molecule has 0 aromatic heterocycles. The first-order valence-corrected chi connectivity index (χ1v) is 31.1. The highest BCUT2D eigenvalue weighted by Gasteiger charge is 2.70. The van der Waals surface area contributed by atoms with Crippen molar-refractivity contribution < 1.29 is 128 Å². The van der Waals surface area contributed by atoms with E-state index in [4.69, 9.17) is 56.8 Å². The Morgan fingerprint density at radius 2 is 1.01 bits per heavy atom. The monoisotopic (exact) mass is 1210 g/mol. The van der Waals surface area contributed by atoms with Crippen molar-refractivity contribution in [3.63, 3.8) is 0 Å². The molecule has 26 heteroatoms. The molecule has 4 aliphatic carbocycles. The molecule has 84 heavy (non-hydrogen) atoms. The Kier molecular flexibility index (Phi) is 19.4. The summed E-state index contributed by atoms with van der Waals surface area (Å²) in [5.74, 6) is 2.87. The van der Waals surface area contributed by atoms with Crippen molar-refractivity contribution in [2.45, 2.75) is 284 Å². The van der Waals surface area contributed by atoms with Crippen LogP contribution in [0.25, 0.3) is 0 Å². The van der Waals surface area contributed by atoms with E-state index in [0.29, 0.717) is 54.3 Å². The summed E-state index contributed by atoms with van der Waals surface area (Å²) in [5.41, 5.74) is 0.233. The van der Waals surface area contributed by atoms with E-state index in [2.05, 4.69) is 27.7 Å². The zero-order valence-electron chi connectivity index (χ0n) is 48.9. The molecular formula is C58H96O26. The van der Waals surface area contributed by atoms with Crippen LogP contribution in [0.15, 0.2) is 0 Å². The molecule has 7 aliphatic heterocycles. The molecule has 7 saturated heterocycles. The van der Waals surface area contributed by atoms with Gasteiger partial charge in [0.2, 0.25) is 0 Å². The average Bonchev–Trinajstić information content (AvgIpc) is 2.25. The number of aliphatic hydroxyl groups is 14. The fourth-order valence-corrected chi connectivity index (χ4v) is 17.8. The molecule has 484 valence electrons. The molecule has 11 aliphatic rings. The minimum atomic E-state index is -2.12. The van der Waals surface area contributed by atoms with Crippen molar-refractivity contribution in [2.24, 2.45) is 52.3 Å². The molecule has 1 spiro atoms. The van der Waals surface area contributed by atoms with Crippen LogP contribution >= 0.6 is 0 Å². The molecule has 11 fully saturated rings. The average molecular weight is 1210 g/mol. The first-order valence-electron chi connectivity index (χ1n) is 31.1. The largest absolute Gasteiger partial charge is 0.394 e. The Morgan fingerprint density at radius 1 is 0.452 bits per heavy atom. The standard InChI is InChI=1S/C58H96O26/c1-7-30-37(63)41(67)44(70)53(76-30)82-49-39(65)33(19-60)78-55(50(49)83-54-46(72)48(38(64)32(18-59)77-54)81-51-43(69)40(66)36(62)24(4)74-51)80-47-34(20-61)79-52(45(71)42(47)68)75-26-11-13-56(5)25(16-26)8-9-27-28(56)12-14-57(6)29(27)17-31-35(57)23(3)58(84-31)15-10-22(2)21-73-58/h22-55,59-72H,7-21H2,1-6H3/t22-,23+,24+,25+,26+,27-,28+,29+,30-,31+,32-,33-,34-,35+,36+,37+,38-,39-,40-,41+,42-,43-,44-,45-,46-,47+,48+,49+,50-,51+,52-,53+,54+,55+,56+,57+,58-/m1/s1. The molecule has 0 amide bonds. The second kappa shape index (κ2) is 25.2. The van der Waals surface area contributed by atoms with Crippen molar-refractivity contribution in [1.29, 1.82) is 0 Å². The van der Waals surface area contributed by atoms with Crippen LogP contribution in [0, 0.1) is 52.3 Å². The van der Waals surface area contributed by atoms with Gasteiger partial charge < -0.3 is 128 Å². The number of hydrogen-bond acceptors (Lipinski definition) is 26. The topological polar surface area (TPSA) is 394 Å². The number of hydrogen-bond donors (Lipinski definition) is 14. The molecule has 26 nitrogen and oxygen atoms in total. The Balaban J connectivity index is 0.792. The van der Waals surface area contributed by atoms with E-state index in [1.165, 1.54) is 6.92 Å². The zero-order valence-corrected chi connectivity index (χ0v) is 48.9. The molecular weight excluding hydrogens is 1110 g/mol. The van der Waals surface area contributed by atoms with Gasteiger partial charge in [-0.05, 0) is 117 Å². The van der Waals surface area contributed by atoms with E-state index in [1.807, 2.05) is 0 Å². The van der Waals surface area contributed by atoms with Crippen LogP contribution in [0.1, 0.15) is 112 Å². The first kappa shape index (κ1) is 64.5. The van der Waals surface area contributed by atoms with Crippen LogP contribution in [-0.2, 0) is 56.8 Å². The Morgan fingerprint density at radius 3 is 1.68 bits per heavy atom. The van der Waals surface area contributed by atoms with Crippen molar-refractivity contribution in [3.05, 3.63) is 0 Å². The molecule has 7 heterocycles. The maximum absolute atomic E-state index is 12.0. The summed E-state index contributed by atoms with van der Waals surface area (Å²) in [5, 5.41) is 155. The summed E-state index contributed by atoms with van der Waals surface area (Å²) in [6.07, 6.45) is -34.0. The third-order valence-electron chi connectivity index (χ3n) is 22.7. The smallest absolute Gasteiger partial charge is 0.187 e. The van der Waals surface area contributed by atoms with Gasteiger partial charge >= 0.3 is 0 Å². The minimum absolute atomic E-state index is 0.0565. The predicted octanol–water partition coefficient (Wildman–Crippen LogP) is -2.64. The molecule has 0 unspecified atom stereocenters. The van der Waals surface area contributed by atoms with Gasteiger partial charge in [-0.1, -0.05) is 34.6 Å². The van der Waals surface area contributed by atoms with Crippen molar-refractivity contribution >= 4 is 0 Å². The number of aliphatic hydroxyl groups excluding tert-OH is 14. The SMILES string of the molecule is CC[C@H]1O[C@@H](O[C@H]2[C@H](O)[C@@H](CO)O[C@@H](O[C@@H]3[C@H](O)[C@@H](O)[C@H](O[C@H]4CC[C@@]5(C)[C@@H](CC[C@@H]6[C@@H]5CC[C@]5(C)[C@@H]7[C@H](C[C@@H]65)O[C@]5(CC[C@@H](C)CO5)[C@H]7C)C4)O[C@@H]3CO)[C@@H]2O[C@@H]2O[C@H](CO)[C@@H](O)[C@H](O[C@@H]3O[C@@H](C)[C@H](O)[C@@H](O)[C@H]3O)[C@H]2O)[C@H](O)[C@@H](O)[C@H]1O. The zero-order chi connectivity index (χ0) is 60.2. The van der Waals surface area contributed by atoms with Crippen molar-refractivity contribution in [3.8, 4) is 0 Å². The molecule has 0 radical (unpaired) electrons. The maximum Gasteiger partial charge on any atom is 0.187 e. The molecule has 11 rings (SSSR count). The van der Waals surface area contributed by atoms with E-state index >= 15 is 0 Å². The second-order valence-corrected chi connectivity index (χ2v) is 27.3. The summed E-state index contributed by atoms with van der Waals surface area (Å²) in [6.45, 7) is 10.7. The Labute approximate surface area is 489 Å². The number of ether oxygens (including phenoxy) is 12. The van der Waals surface area contributed by atoms with Crippen LogP contribution in [0.5, 0.6) is 0 Å². The van der Waals surface area contributed by atoms with E-state index in [1.54, 1.807) is 6.92 Å². The first-order chi connectivity index (χ1) is 39.9. The lowest BCUT2D eigenvalue weighted by Gasteiger charge is -2.61. The summed E-state index contributed by atoms with van der Waals surface area (Å²) in [7, 11) is 0. The van der Waals surface area contributed by atoms with Gasteiger partial charge in [0.1, 0.15) is 110 Å². The highest BCUT2D eigenvalue weighted by molar-refractivity contribution is 5.16. The fraction of sp³-hybridized carbons (Fsp3) is 1.00. The van der Waals surface area contributed by atoms with Crippen LogP contribution < -0.4 is 0 Å². The lowest BCUT2D eigenvalue weighted by atomic mass is 9.44. The second-order valence-electron chi connectivity index (χ2n) is 27.3. The normalized spacial score (nSPS) is 57.7.